The van der Waals surface area contributed by atoms with E-state index in [1.54, 1.807) is 24.3 Å². The third-order valence-electron chi connectivity index (χ3n) is 3.77. The Kier molecular flexibility index (Phi) is 7.08. The molecule has 10 heteroatoms. The topological polar surface area (TPSA) is 131 Å². The fourth-order valence-corrected chi connectivity index (χ4v) is 3.05. The molecule has 9 nitrogen and oxygen atoms in total. The molecule has 1 atom stereocenters. The minimum atomic E-state index is -3.71. The Morgan fingerprint density at radius 2 is 1.55 bits per heavy atom. The largest absolute Gasteiger partial charge is 0.449 e. The van der Waals surface area contributed by atoms with Crippen molar-refractivity contribution in [2.24, 2.45) is 0 Å². The average molecular weight is 419 g/mol. The highest BCUT2D eigenvalue weighted by Gasteiger charge is 2.21. The van der Waals surface area contributed by atoms with Crippen LogP contribution in [0.25, 0.3) is 0 Å². The molecule has 2 amide bonds. The number of rotatable bonds is 7. The number of anilines is 2. The Morgan fingerprint density at radius 1 is 0.966 bits per heavy atom. The average Bonchev–Trinajstić information content (AvgIpc) is 2.69. The summed E-state index contributed by atoms with van der Waals surface area (Å²) in [5.41, 5.74) is 1.03. The van der Waals surface area contributed by atoms with Crippen molar-refractivity contribution >= 4 is 39.2 Å². The zero-order valence-corrected chi connectivity index (χ0v) is 16.9. The van der Waals surface area contributed by atoms with Gasteiger partial charge in [0.1, 0.15) is 0 Å². The third-order valence-corrected chi connectivity index (χ3v) is 5.19. The number of ether oxygens (including phenoxy) is 1. The van der Waals surface area contributed by atoms with Crippen LogP contribution in [0.3, 0.4) is 0 Å². The molecule has 0 aromatic heterocycles. The molecule has 0 fully saturated rings. The summed E-state index contributed by atoms with van der Waals surface area (Å²) in [4.78, 5) is 35.4. The molecule has 0 radical (unpaired) electrons. The van der Waals surface area contributed by atoms with E-state index in [1.165, 1.54) is 45.2 Å². The molecule has 0 aliphatic carbocycles. The maximum absolute atomic E-state index is 12.3. The monoisotopic (exact) mass is 419 g/mol. The molecular weight excluding hydrogens is 398 g/mol. The Hall–Kier alpha value is -3.24. The van der Waals surface area contributed by atoms with Crippen LogP contribution in [0.15, 0.2) is 53.4 Å². The molecule has 0 spiro atoms. The van der Waals surface area contributed by atoms with Crippen LogP contribution in [0.5, 0.6) is 0 Å². The van der Waals surface area contributed by atoms with Crippen LogP contribution in [0.1, 0.15) is 24.2 Å². The van der Waals surface area contributed by atoms with Crippen LogP contribution >= 0.6 is 0 Å². The van der Waals surface area contributed by atoms with Crippen LogP contribution in [-0.4, -0.2) is 39.4 Å². The fourth-order valence-electron chi connectivity index (χ4n) is 2.27. The molecule has 154 valence electrons. The standard InChI is InChI=1S/C19H21N3O6S/c1-12(18(24)22-16-9-7-15(8-10-16)21-13(2)23)28-19(25)14-5-4-6-17(11-14)29(26,27)20-3/h4-12,20H,1-3H3,(H,21,23)(H,22,24). The minimum Gasteiger partial charge on any atom is -0.449 e. The van der Waals surface area contributed by atoms with E-state index in [1.807, 2.05) is 0 Å². The quantitative estimate of drug-likeness (QED) is 0.586. The lowest BCUT2D eigenvalue weighted by atomic mass is 10.2. The molecule has 0 saturated heterocycles. The lowest BCUT2D eigenvalue weighted by Crippen LogP contribution is -2.30. The van der Waals surface area contributed by atoms with Crippen LogP contribution in [0.2, 0.25) is 0 Å². The number of carbonyl (C=O) groups excluding carboxylic acids is 3. The maximum atomic E-state index is 12.3. The van der Waals surface area contributed by atoms with Gasteiger partial charge in [0.05, 0.1) is 10.5 Å². The molecule has 3 N–H and O–H groups in total. The fraction of sp³-hybridized carbons (Fsp3) is 0.211. The number of amides is 2. The van der Waals surface area contributed by atoms with E-state index in [2.05, 4.69) is 15.4 Å². The molecule has 0 bridgehead atoms. The van der Waals surface area contributed by atoms with Gasteiger partial charge in [0.25, 0.3) is 5.91 Å². The zero-order valence-electron chi connectivity index (χ0n) is 16.1. The second-order valence-electron chi connectivity index (χ2n) is 6.03. The first kappa shape index (κ1) is 22.1. The van der Waals surface area contributed by atoms with Gasteiger partial charge < -0.3 is 15.4 Å². The normalized spacial score (nSPS) is 12.0. The maximum Gasteiger partial charge on any atom is 0.338 e. The van der Waals surface area contributed by atoms with E-state index in [-0.39, 0.29) is 16.4 Å². The molecule has 29 heavy (non-hydrogen) atoms. The Labute approximate surface area is 168 Å². The van der Waals surface area contributed by atoms with E-state index < -0.39 is 28.0 Å². The summed E-state index contributed by atoms with van der Waals surface area (Å²) in [5.74, 6) is -1.61. The highest BCUT2D eigenvalue weighted by Crippen LogP contribution is 2.15. The second-order valence-corrected chi connectivity index (χ2v) is 7.92. The molecular formula is C19H21N3O6S. The van der Waals surface area contributed by atoms with E-state index >= 15 is 0 Å². The second kappa shape index (κ2) is 9.30. The number of sulfonamides is 1. The van der Waals surface area contributed by atoms with Gasteiger partial charge in [-0.25, -0.2) is 17.9 Å². The highest BCUT2D eigenvalue weighted by atomic mass is 32.2. The summed E-state index contributed by atoms with van der Waals surface area (Å²) in [5, 5.41) is 5.19. The Bertz CT molecular complexity index is 1020. The lowest BCUT2D eigenvalue weighted by Gasteiger charge is -2.14. The van der Waals surface area contributed by atoms with Crippen LogP contribution in [-0.2, 0) is 24.3 Å². The van der Waals surface area contributed by atoms with Crippen molar-refractivity contribution in [3.05, 3.63) is 54.1 Å². The van der Waals surface area contributed by atoms with Crippen LogP contribution in [0, 0.1) is 0 Å². The lowest BCUT2D eigenvalue weighted by molar-refractivity contribution is -0.123. The van der Waals surface area contributed by atoms with E-state index in [9.17, 15) is 22.8 Å². The molecule has 0 heterocycles. The summed E-state index contributed by atoms with van der Waals surface area (Å²) in [6.07, 6.45) is -1.12. The number of carbonyl (C=O) groups is 3. The van der Waals surface area contributed by atoms with E-state index in [4.69, 9.17) is 4.74 Å². The number of nitrogens with one attached hydrogen (secondary N) is 3. The van der Waals surface area contributed by atoms with Crippen molar-refractivity contribution in [3.63, 3.8) is 0 Å². The Balaban J connectivity index is 2.01. The molecule has 1 unspecified atom stereocenters. The summed E-state index contributed by atoms with van der Waals surface area (Å²) in [6, 6.07) is 11.7. The third kappa shape index (κ3) is 6.13. The predicted molar refractivity (Wildman–Crippen MR) is 107 cm³/mol. The van der Waals surface area contributed by atoms with Crippen LogP contribution < -0.4 is 15.4 Å². The van der Waals surface area contributed by atoms with Gasteiger partial charge in [-0.15, -0.1) is 0 Å². The molecule has 0 aliphatic heterocycles. The van der Waals surface area contributed by atoms with E-state index in [0.29, 0.717) is 11.4 Å². The molecule has 2 aromatic rings. The SMILES string of the molecule is CNS(=O)(=O)c1cccc(C(=O)OC(C)C(=O)Nc2ccc(NC(C)=O)cc2)c1. The van der Waals surface area contributed by atoms with E-state index in [0.717, 1.165) is 0 Å². The summed E-state index contributed by atoms with van der Waals surface area (Å²) >= 11 is 0. The van der Waals surface area contributed by atoms with Crippen molar-refractivity contribution in [3.8, 4) is 0 Å². The molecule has 2 rings (SSSR count). The number of benzene rings is 2. The summed E-state index contributed by atoms with van der Waals surface area (Å²) < 4.78 is 31.0. The molecule has 2 aromatic carbocycles. The van der Waals surface area contributed by atoms with Crippen molar-refractivity contribution < 1.29 is 27.5 Å². The van der Waals surface area contributed by atoms with Crippen LogP contribution in [0.4, 0.5) is 11.4 Å². The Morgan fingerprint density at radius 3 is 2.10 bits per heavy atom. The molecule has 0 saturated carbocycles. The minimum absolute atomic E-state index is 0.000588. The summed E-state index contributed by atoms with van der Waals surface area (Å²) in [7, 11) is -2.45. The number of esters is 1. The van der Waals surface area contributed by atoms with Gasteiger partial charge >= 0.3 is 5.97 Å². The molecule has 0 aliphatic rings. The van der Waals surface area contributed by atoms with Gasteiger partial charge in [-0.05, 0) is 56.4 Å². The van der Waals surface area contributed by atoms with Crippen molar-refractivity contribution in [1.82, 2.24) is 4.72 Å². The predicted octanol–water partition coefficient (Wildman–Crippen LogP) is 1.74. The van der Waals surface area contributed by atoms with Gasteiger partial charge in [-0.3, -0.25) is 9.59 Å². The number of hydrogen-bond acceptors (Lipinski definition) is 6. The first-order chi connectivity index (χ1) is 13.6. The zero-order chi connectivity index (χ0) is 21.6. The van der Waals surface area contributed by atoms with Gasteiger partial charge in [-0.2, -0.15) is 0 Å². The number of hydrogen-bond donors (Lipinski definition) is 3. The first-order valence-electron chi connectivity index (χ1n) is 8.55. The van der Waals surface area contributed by atoms with Gasteiger partial charge in [0, 0.05) is 18.3 Å². The smallest absolute Gasteiger partial charge is 0.338 e. The first-order valence-corrected chi connectivity index (χ1v) is 10.0. The van der Waals surface area contributed by atoms with Crippen molar-refractivity contribution in [2.75, 3.05) is 17.7 Å². The van der Waals surface area contributed by atoms with Gasteiger partial charge in [0.15, 0.2) is 6.10 Å². The summed E-state index contributed by atoms with van der Waals surface area (Å²) in [6.45, 7) is 2.78. The van der Waals surface area contributed by atoms with Gasteiger partial charge in [-0.1, -0.05) is 6.07 Å². The van der Waals surface area contributed by atoms with Crippen molar-refractivity contribution in [2.45, 2.75) is 24.8 Å². The van der Waals surface area contributed by atoms with Crippen molar-refractivity contribution in [1.29, 1.82) is 0 Å². The highest BCUT2D eigenvalue weighted by molar-refractivity contribution is 7.89. The van der Waals surface area contributed by atoms with Gasteiger partial charge in [0.2, 0.25) is 15.9 Å².